The quantitative estimate of drug-likeness (QED) is 0.691. The van der Waals surface area contributed by atoms with Crippen molar-refractivity contribution < 1.29 is 19.5 Å². The summed E-state index contributed by atoms with van der Waals surface area (Å²) in [6, 6.07) is 2.81. The van der Waals surface area contributed by atoms with E-state index in [1.807, 2.05) is 0 Å². The summed E-state index contributed by atoms with van der Waals surface area (Å²) in [5, 5.41) is 20.7. The van der Waals surface area contributed by atoms with Crippen LogP contribution in [0.1, 0.15) is 62.3 Å². The predicted molar refractivity (Wildman–Crippen MR) is 111 cm³/mol. The molecular formula is C21H32N3O4. The summed E-state index contributed by atoms with van der Waals surface area (Å²) in [4.78, 5) is 37.0. The Morgan fingerprint density at radius 2 is 0.893 bits per heavy atom. The van der Waals surface area contributed by atoms with Crippen LogP contribution in [-0.2, 0) is 19.5 Å². The van der Waals surface area contributed by atoms with Crippen molar-refractivity contribution in [1.29, 1.82) is 0 Å². The SMILES string of the molecule is CC(C)(C)C(=O)Nc1cc(NC(=O)C(C)(C)C)c([O])c(NC(=O)C(C)(C)C)c1. The average molecular weight is 391 g/mol. The van der Waals surface area contributed by atoms with Gasteiger partial charge in [0.25, 0.3) is 0 Å². The topological polar surface area (TPSA) is 107 Å². The zero-order valence-electron chi connectivity index (χ0n) is 18.3. The average Bonchev–Trinajstić information content (AvgIpc) is 2.48. The first kappa shape index (κ1) is 23.5. The molecule has 0 unspecified atom stereocenters. The van der Waals surface area contributed by atoms with Crippen LogP contribution in [0.3, 0.4) is 0 Å². The summed E-state index contributed by atoms with van der Waals surface area (Å²) >= 11 is 0. The number of amides is 3. The molecule has 0 saturated heterocycles. The van der Waals surface area contributed by atoms with Gasteiger partial charge in [0, 0.05) is 21.9 Å². The van der Waals surface area contributed by atoms with Crippen molar-refractivity contribution in [2.45, 2.75) is 62.3 Å². The first-order chi connectivity index (χ1) is 12.4. The molecule has 0 bridgehead atoms. The number of hydrogen-bond acceptors (Lipinski definition) is 3. The molecule has 7 nitrogen and oxygen atoms in total. The van der Waals surface area contributed by atoms with Crippen LogP contribution in [0.2, 0.25) is 0 Å². The zero-order chi connectivity index (χ0) is 22.1. The normalized spacial score (nSPS) is 12.3. The van der Waals surface area contributed by atoms with Crippen molar-refractivity contribution in [3.8, 4) is 5.75 Å². The fraction of sp³-hybridized carbons (Fsp3) is 0.571. The molecule has 3 N–H and O–H groups in total. The van der Waals surface area contributed by atoms with E-state index in [2.05, 4.69) is 16.0 Å². The highest BCUT2D eigenvalue weighted by Crippen LogP contribution is 2.38. The Hall–Kier alpha value is -2.57. The van der Waals surface area contributed by atoms with Crippen molar-refractivity contribution in [2.75, 3.05) is 16.0 Å². The molecule has 1 radical (unpaired) electrons. The van der Waals surface area contributed by atoms with E-state index in [4.69, 9.17) is 0 Å². The number of hydrogen-bond donors (Lipinski definition) is 3. The molecule has 0 atom stereocenters. The maximum absolute atomic E-state index is 12.8. The highest BCUT2D eigenvalue weighted by Gasteiger charge is 2.27. The van der Waals surface area contributed by atoms with Crippen molar-refractivity contribution in [2.24, 2.45) is 16.2 Å². The minimum atomic E-state index is -0.716. The van der Waals surface area contributed by atoms with E-state index in [1.165, 1.54) is 12.1 Å². The van der Waals surface area contributed by atoms with Gasteiger partial charge in [0.2, 0.25) is 23.5 Å². The Labute approximate surface area is 167 Å². The molecule has 0 spiro atoms. The van der Waals surface area contributed by atoms with Crippen LogP contribution in [0.15, 0.2) is 12.1 Å². The molecule has 0 heterocycles. The van der Waals surface area contributed by atoms with E-state index in [0.29, 0.717) is 5.69 Å². The van der Waals surface area contributed by atoms with Gasteiger partial charge in [0.1, 0.15) is 0 Å². The predicted octanol–water partition coefficient (Wildman–Crippen LogP) is 4.78. The van der Waals surface area contributed by atoms with Gasteiger partial charge in [-0.25, -0.2) is 0 Å². The van der Waals surface area contributed by atoms with Crippen LogP contribution in [-0.4, -0.2) is 17.7 Å². The number of carbonyl (C=O) groups is 3. The van der Waals surface area contributed by atoms with Crippen molar-refractivity contribution in [1.82, 2.24) is 0 Å². The van der Waals surface area contributed by atoms with Gasteiger partial charge < -0.3 is 16.0 Å². The maximum Gasteiger partial charge on any atom is 0.229 e. The van der Waals surface area contributed by atoms with E-state index in [-0.39, 0.29) is 29.1 Å². The number of anilines is 3. The van der Waals surface area contributed by atoms with Crippen molar-refractivity contribution in [3.05, 3.63) is 12.1 Å². The lowest BCUT2D eigenvalue weighted by molar-refractivity contribution is -0.123. The molecule has 0 aromatic heterocycles. The highest BCUT2D eigenvalue weighted by molar-refractivity contribution is 6.03. The van der Waals surface area contributed by atoms with Gasteiger partial charge in [-0.1, -0.05) is 62.3 Å². The summed E-state index contributed by atoms with van der Waals surface area (Å²) in [6.07, 6.45) is 0. The van der Waals surface area contributed by atoms with Gasteiger partial charge in [0.15, 0.2) is 0 Å². The monoisotopic (exact) mass is 390 g/mol. The largest absolute Gasteiger partial charge is 0.325 e. The van der Waals surface area contributed by atoms with Gasteiger partial charge in [-0.2, -0.15) is 0 Å². The van der Waals surface area contributed by atoms with E-state index >= 15 is 0 Å². The minimum Gasteiger partial charge on any atom is -0.325 e. The summed E-state index contributed by atoms with van der Waals surface area (Å²) < 4.78 is 0. The molecule has 28 heavy (non-hydrogen) atoms. The summed E-state index contributed by atoms with van der Waals surface area (Å²) in [5.41, 5.74) is -1.78. The third-order valence-electron chi connectivity index (χ3n) is 3.89. The number of benzene rings is 1. The molecule has 0 fully saturated rings. The van der Waals surface area contributed by atoms with Crippen LogP contribution in [0, 0.1) is 16.2 Å². The molecule has 1 aromatic carbocycles. The molecule has 3 amide bonds. The molecule has 1 aromatic rings. The first-order valence-corrected chi connectivity index (χ1v) is 9.22. The van der Waals surface area contributed by atoms with Gasteiger partial charge >= 0.3 is 0 Å². The Bertz CT molecular complexity index is 729. The molecule has 1 rings (SSSR count). The van der Waals surface area contributed by atoms with Crippen molar-refractivity contribution >= 4 is 34.8 Å². The molecule has 0 aliphatic heterocycles. The summed E-state index contributed by atoms with van der Waals surface area (Å²) in [6.45, 7) is 15.6. The Balaban J connectivity index is 3.39. The molecular weight excluding hydrogens is 358 g/mol. The molecule has 0 saturated carbocycles. The Kier molecular flexibility index (Phi) is 6.55. The van der Waals surface area contributed by atoms with Gasteiger partial charge in [-0.3, -0.25) is 19.5 Å². The van der Waals surface area contributed by atoms with Gasteiger partial charge in [-0.15, -0.1) is 0 Å². The molecule has 0 aliphatic carbocycles. The smallest absolute Gasteiger partial charge is 0.229 e. The fourth-order valence-corrected chi connectivity index (χ4v) is 1.82. The van der Waals surface area contributed by atoms with Crippen LogP contribution >= 0.6 is 0 Å². The van der Waals surface area contributed by atoms with Crippen LogP contribution in [0.4, 0.5) is 17.1 Å². The van der Waals surface area contributed by atoms with Crippen molar-refractivity contribution in [3.63, 3.8) is 0 Å². The number of carbonyl (C=O) groups excluding carboxylic acids is 3. The second-order valence-electron chi connectivity index (χ2n) is 10.0. The van der Waals surface area contributed by atoms with Gasteiger partial charge in [0.05, 0.1) is 11.4 Å². The highest BCUT2D eigenvalue weighted by atomic mass is 16.3. The van der Waals surface area contributed by atoms with Crippen LogP contribution in [0.5, 0.6) is 5.75 Å². The van der Waals surface area contributed by atoms with E-state index in [9.17, 15) is 19.5 Å². The Morgan fingerprint density at radius 3 is 1.18 bits per heavy atom. The summed E-state index contributed by atoms with van der Waals surface area (Å²) in [7, 11) is 0. The fourth-order valence-electron chi connectivity index (χ4n) is 1.82. The van der Waals surface area contributed by atoms with Crippen LogP contribution < -0.4 is 16.0 Å². The zero-order valence-corrected chi connectivity index (χ0v) is 18.3. The van der Waals surface area contributed by atoms with Gasteiger partial charge in [-0.05, 0) is 12.1 Å². The van der Waals surface area contributed by atoms with E-state index in [0.717, 1.165) is 0 Å². The van der Waals surface area contributed by atoms with E-state index in [1.54, 1.807) is 62.3 Å². The molecule has 7 heteroatoms. The standard InChI is InChI=1S/C21H32N3O4/c1-19(2,3)16(26)22-12-10-13(23-17(27)20(4,5)6)15(25)14(11-12)24-18(28)21(7,8)9/h10-11H,1-9H3,(H,22,26)(H,23,27)(H,24,28). The van der Waals surface area contributed by atoms with Crippen LogP contribution in [0.25, 0.3) is 0 Å². The lowest BCUT2D eigenvalue weighted by Gasteiger charge is -2.22. The third kappa shape index (κ3) is 6.25. The molecule has 155 valence electrons. The lowest BCUT2D eigenvalue weighted by atomic mass is 9.94. The summed E-state index contributed by atoms with van der Waals surface area (Å²) in [5.74, 6) is -1.48. The van der Waals surface area contributed by atoms with E-state index < -0.39 is 22.0 Å². The maximum atomic E-state index is 12.8. The molecule has 0 aliphatic rings. The second-order valence-corrected chi connectivity index (χ2v) is 10.0. The Morgan fingerprint density at radius 1 is 0.607 bits per heavy atom. The second kappa shape index (κ2) is 7.81. The lowest BCUT2D eigenvalue weighted by Crippen LogP contribution is -2.30. The minimum absolute atomic E-state index is 0.00385. The third-order valence-corrected chi connectivity index (χ3v) is 3.89. The first-order valence-electron chi connectivity index (χ1n) is 9.22. The number of nitrogens with one attached hydrogen (secondary N) is 3. The number of rotatable bonds is 3.